The third-order valence-corrected chi connectivity index (χ3v) is 4.60. The zero-order valence-electron chi connectivity index (χ0n) is 12.1. The first-order valence-corrected chi connectivity index (χ1v) is 8.27. The van der Waals surface area contributed by atoms with Crippen molar-refractivity contribution in [2.75, 3.05) is 5.75 Å². The van der Waals surface area contributed by atoms with Crippen LogP contribution < -0.4 is 5.32 Å². The zero-order valence-corrected chi connectivity index (χ0v) is 12.9. The van der Waals surface area contributed by atoms with E-state index < -0.39 is 0 Å². The number of amides is 1. The fourth-order valence-corrected chi connectivity index (χ4v) is 3.31. The second kappa shape index (κ2) is 6.91. The van der Waals surface area contributed by atoms with E-state index in [1.54, 1.807) is 18.2 Å². The van der Waals surface area contributed by atoms with Crippen LogP contribution >= 0.6 is 11.8 Å². The van der Waals surface area contributed by atoms with Gasteiger partial charge in [0.2, 0.25) is 5.91 Å². The second-order valence-electron chi connectivity index (χ2n) is 5.09. The summed E-state index contributed by atoms with van der Waals surface area (Å²) in [6, 6.07) is 6.59. The van der Waals surface area contributed by atoms with Gasteiger partial charge in [-0.15, -0.1) is 22.0 Å². The quantitative estimate of drug-likeness (QED) is 0.829. The number of aryl methyl sites for hydroxylation is 1. The van der Waals surface area contributed by atoms with E-state index in [9.17, 15) is 9.18 Å². The van der Waals surface area contributed by atoms with Gasteiger partial charge in [0.1, 0.15) is 11.6 Å². The summed E-state index contributed by atoms with van der Waals surface area (Å²) >= 11 is 1.35. The maximum absolute atomic E-state index is 13.4. The molecule has 0 spiro atoms. The lowest BCUT2D eigenvalue weighted by Crippen LogP contribution is -2.24. The molecule has 5 nitrogen and oxygen atoms in total. The molecule has 1 aliphatic heterocycles. The lowest BCUT2D eigenvalue weighted by atomic mass is 10.3. The SMILES string of the molecule is O=C(CCSc1ccccc1F)NCc1nnc2n1CCC2. The molecule has 1 aromatic carbocycles. The smallest absolute Gasteiger partial charge is 0.221 e. The van der Waals surface area contributed by atoms with E-state index in [4.69, 9.17) is 0 Å². The first-order valence-electron chi connectivity index (χ1n) is 7.29. The van der Waals surface area contributed by atoms with Gasteiger partial charge in [-0.1, -0.05) is 12.1 Å². The van der Waals surface area contributed by atoms with E-state index in [0.29, 0.717) is 23.6 Å². The van der Waals surface area contributed by atoms with Crippen LogP contribution in [0.3, 0.4) is 0 Å². The molecule has 1 aliphatic rings. The number of hydrogen-bond acceptors (Lipinski definition) is 4. The highest BCUT2D eigenvalue weighted by molar-refractivity contribution is 7.99. The number of rotatable bonds is 6. The predicted octanol–water partition coefficient (Wildman–Crippen LogP) is 2.16. The number of aromatic nitrogens is 3. The average molecular weight is 320 g/mol. The van der Waals surface area contributed by atoms with Crippen molar-refractivity contribution in [3.05, 3.63) is 41.7 Å². The number of thioether (sulfide) groups is 1. The molecule has 0 fully saturated rings. The minimum absolute atomic E-state index is 0.0563. The van der Waals surface area contributed by atoms with E-state index in [1.165, 1.54) is 17.8 Å². The summed E-state index contributed by atoms with van der Waals surface area (Å²) in [5.74, 6) is 2.05. The Labute approximate surface area is 132 Å². The fraction of sp³-hybridized carbons (Fsp3) is 0.400. The molecule has 7 heteroatoms. The fourth-order valence-electron chi connectivity index (χ4n) is 2.42. The van der Waals surface area contributed by atoms with E-state index in [0.717, 1.165) is 31.0 Å². The van der Waals surface area contributed by atoms with Crippen molar-refractivity contribution < 1.29 is 9.18 Å². The van der Waals surface area contributed by atoms with Crippen LogP contribution in [-0.2, 0) is 24.3 Å². The largest absolute Gasteiger partial charge is 0.349 e. The van der Waals surface area contributed by atoms with Gasteiger partial charge in [-0.25, -0.2) is 4.39 Å². The highest BCUT2D eigenvalue weighted by atomic mass is 32.2. The van der Waals surface area contributed by atoms with Gasteiger partial charge in [0.15, 0.2) is 5.82 Å². The molecular weight excluding hydrogens is 303 g/mol. The Morgan fingerprint density at radius 2 is 2.23 bits per heavy atom. The molecule has 0 saturated carbocycles. The number of hydrogen-bond donors (Lipinski definition) is 1. The Balaban J connectivity index is 1.42. The van der Waals surface area contributed by atoms with Crippen molar-refractivity contribution in [3.63, 3.8) is 0 Å². The summed E-state index contributed by atoms with van der Waals surface area (Å²) in [7, 11) is 0. The van der Waals surface area contributed by atoms with E-state index >= 15 is 0 Å². The summed E-state index contributed by atoms with van der Waals surface area (Å²) in [5.41, 5.74) is 0. The number of benzene rings is 1. The predicted molar refractivity (Wildman–Crippen MR) is 81.9 cm³/mol. The van der Waals surface area contributed by atoms with Crippen LogP contribution in [0, 0.1) is 5.82 Å². The Kier molecular flexibility index (Phi) is 4.72. The summed E-state index contributed by atoms with van der Waals surface area (Å²) in [6.07, 6.45) is 2.39. The summed E-state index contributed by atoms with van der Waals surface area (Å²) in [4.78, 5) is 12.4. The van der Waals surface area contributed by atoms with Crippen molar-refractivity contribution in [1.29, 1.82) is 0 Å². The highest BCUT2D eigenvalue weighted by Crippen LogP contribution is 2.21. The third-order valence-electron chi connectivity index (χ3n) is 3.55. The number of nitrogens with one attached hydrogen (secondary N) is 1. The van der Waals surface area contributed by atoms with Crippen LogP contribution in [0.15, 0.2) is 29.2 Å². The average Bonchev–Trinajstić information content (AvgIpc) is 3.11. The minimum Gasteiger partial charge on any atom is -0.349 e. The topological polar surface area (TPSA) is 59.8 Å². The lowest BCUT2D eigenvalue weighted by Gasteiger charge is -2.06. The highest BCUT2D eigenvalue weighted by Gasteiger charge is 2.17. The summed E-state index contributed by atoms with van der Waals surface area (Å²) in [5, 5.41) is 11.0. The number of fused-ring (bicyclic) bond motifs is 1. The molecule has 22 heavy (non-hydrogen) atoms. The van der Waals surface area contributed by atoms with Crippen LogP contribution in [0.5, 0.6) is 0 Å². The molecule has 0 saturated heterocycles. The van der Waals surface area contributed by atoms with Crippen molar-refractivity contribution in [3.8, 4) is 0 Å². The Morgan fingerprint density at radius 3 is 3.09 bits per heavy atom. The van der Waals surface area contributed by atoms with Gasteiger partial charge < -0.3 is 9.88 Å². The third kappa shape index (κ3) is 3.47. The molecule has 0 radical (unpaired) electrons. The number of halogens is 1. The molecular formula is C15H17FN4OS. The zero-order chi connectivity index (χ0) is 15.4. The first-order chi connectivity index (χ1) is 10.7. The van der Waals surface area contributed by atoms with Crippen LogP contribution in [0.4, 0.5) is 4.39 Å². The van der Waals surface area contributed by atoms with Crippen molar-refractivity contribution >= 4 is 17.7 Å². The Bertz CT molecular complexity index is 673. The Hall–Kier alpha value is -1.89. The van der Waals surface area contributed by atoms with Crippen molar-refractivity contribution in [1.82, 2.24) is 20.1 Å². The van der Waals surface area contributed by atoms with Gasteiger partial charge in [0.05, 0.1) is 6.54 Å². The molecule has 0 bridgehead atoms. The summed E-state index contributed by atoms with van der Waals surface area (Å²) < 4.78 is 15.5. The maximum atomic E-state index is 13.4. The van der Waals surface area contributed by atoms with E-state index in [1.807, 2.05) is 0 Å². The molecule has 1 aromatic heterocycles. The molecule has 0 unspecified atom stereocenters. The van der Waals surface area contributed by atoms with Crippen LogP contribution in [0.1, 0.15) is 24.5 Å². The van der Waals surface area contributed by atoms with Crippen molar-refractivity contribution in [2.24, 2.45) is 0 Å². The lowest BCUT2D eigenvalue weighted by molar-refractivity contribution is -0.120. The molecule has 0 aliphatic carbocycles. The van der Waals surface area contributed by atoms with E-state index in [2.05, 4.69) is 20.1 Å². The molecule has 1 amide bonds. The number of carbonyl (C=O) groups excluding carboxylic acids is 1. The van der Waals surface area contributed by atoms with E-state index in [-0.39, 0.29) is 11.7 Å². The molecule has 2 aromatic rings. The number of carbonyl (C=O) groups is 1. The van der Waals surface area contributed by atoms with Crippen LogP contribution in [0.25, 0.3) is 0 Å². The van der Waals surface area contributed by atoms with Gasteiger partial charge in [0, 0.05) is 30.0 Å². The standard InChI is InChI=1S/C15H17FN4OS/c16-11-4-1-2-5-12(11)22-9-7-15(21)17-10-14-19-18-13-6-3-8-20(13)14/h1-2,4-5H,3,6-10H2,(H,17,21). The molecule has 0 atom stereocenters. The van der Waals surface area contributed by atoms with Gasteiger partial charge in [-0.2, -0.15) is 0 Å². The monoisotopic (exact) mass is 320 g/mol. The van der Waals surface area contributed by atoms with Gasteiger partial charge in [-0.05, 0) is 18.6 Å². The van der Waals surface area contributed by atoms with Gasteiger partial charge in [-0.3, -0.25) is 4.79 Å². The molecule has 3 rings (SSSR count). The Morgan fingerprint density at radius 1 is 1.36 bits per heavy atom. The number of nitrogens with zero attached hydrogens (tertiary/aromatic N) is 3. The summed E-state index contributed by atoms with van der Waals surface area (Å²) in [6.45, 7) is 1.33. The minimum atomic E-state index is -0.244. The molecule has 2 heterocycles. The normalized spacial score (nSPS) is 13.1. The molecule has 116 valence electrons. The van der Waals surface area contributed by atoms with Crippen molar-refractivity contribution in [2.45, 2.75) is 37.2 Å². The van der Waals surface area contributed by atoms with Crippen LogP contribution in [0.2, 0.25) is 0 Å². The maximum Gasteiger partial charge on any atom is 0.221 e. The van der Waals surface area contributed by atoms with Crippen LogP contribution in [-0.4, -0.2) is 26.4 Å². The second-order valence-corrected chi connectivity index (χ2v) is 6.23. The molecule has 1 N–H and O–H groups in total. The van der Waals surface area contributed by atoms with Gasteiger partial charge >= 0.3 is 0 Å². The first kappa shape index (κ1) is 15.0. The van der Waals surface area contributed by atoms with Gasteiger partial charge in [0.25, 0.3) is 0 Å².